The summed E-state index contributed by atoms with van der Waals surface area (Å²) in [6.45, 7) is 14.4. The van der Waals surface area contributed by atoms with Crippen LogP contribution in [-0.2, 0) is 9.22 Å². The zero-order valence-electron chi connectivity index (χ0n) is 14.3. The van der Waals surface area contributed by atoms with Crippen molar-refractivity contribution in [2.24, 2.45) is 5.92 Å². The summed E-state index contributed by atoms with van der Waals surface area (Å²) in [6.07, 6.45) is 3.00. The third kappa shape index (κ3) is 3.01. The van der Waals surface area contributed by atoms with Crippen LogP contribution in [0, 0.1) is 5.92 Å². The summed E-state index contributed by atoms with van der Waals surface area (Å²) in [7, 11) is -2.21. The van der Waals surface area contributed by atoms with Crippen molar-refractivity contribution in [1.82, 2.24) is 0 Å². The van der Waals surface area contributed by atoms with Crippen LogP contribution in [0.5, 0.6) is 0 Å². The molecule has 3 atom stereocenters. The van der Waals surface area contributed by atoms with Gasteiger partial charge in [0.2, 0.25) is 0 Å². The van der Waals surface area contributed by atoms with Gasteiger partial charge in [0.25, 0.3) is 0 Å². The number of hydrogen-bond donors (Lipinski definition) is 1. The zero-order valence-corrected chi connectivity index (χ0v) is 16.1. The van der Waals surface area contributed by atoms with E-state index in [-0.39, 0.29) is 16.7 Å². The summed E-state index contributed by atoms with van der Waals surface area (Å²) in [5.74, 6) is 2.01. The molecule has 1 N–H and O–H groups in total. The fourth-order valence-electron chi connectivity index (χ4n) is 2.78. The summed E-state index contributed by atoms with van der Waals surface area (Å²) in [4.78, 5) is 12.9. The molecule has 124 valence electrons. The molecule has 22 heavy (non-hydrogen) atoms. The molecule has 1 aliphatic carbocycles. The smallest absolute Gasteiger partial charge is 0.194 e. The molecular weight excluding hydrogens is 312 g/mol. The second kappa shape index (κ2) is 5.93. The van der Waals surface area contributed by atoms with Gasteiger partial charge in [0, 0.05) is 11.5 Å². The lowest BCUT2D eigenvalue weighted by Gasteiger charge is -2.45. The number of aliphatic hydroxyl groups excluding tert-OH is 1. The maximum absolute atomic E-state index is 12.9. The van der Waals surface area contributed by atoms with Gasteiger partial charge in [-0.3, -0.25) is 4.79 Å². The summed E-state index contributed by atoms with van der Waals surface area (Å²) in [5, 5.41) is 10.8. The Morgan fingerprint density at radius 3 is 2.68 bits per heavy atom. The van der Waals surface area contributed by atoms with Gasteiger partial charge in [-0.05, 0) is 36.5 Å². The van der Waals surface area contributed by atoms with Gasteiger partial charge >= 0.3 is 0 Å². The van der Waals surface area contributed by atoms with Crippen molar-refractivity contribution in [1.29, 1.82) is 0 Å². The third-order valence-corrected chi connectivity index (χ3v) is 11.0. The Morgan fingerprint density at radius 2 is 2.14 bits per heavy atom. The van der Waals surface area contributed by atoms with E-state index in [0.29, 0.717) is 6.42 Å². The first-order chi connectivity index (χ1) is 10.0. The summed E-state index contributed by atoms with van der Waals surface area (Å²) in [5.41, 5.74) is -0.137. The Morgan fingerprint density at radius 1 is 1.50 bits per heavy atom. The molecule has 1 fully saturated rings. The number of thioether (sulfide) groups is 1. The number of carbonyl (C=O) groups is 1. The Kier molecular flexibility index (Phi) is 4.85. The molecular formula is C17H28O3SSi. The number of ketones is 1. The van der Waals surface area contributed by atoms with Crippen molar-refractivity contribution in [2.45, 2.75) is 57.0 Å². The van der Waals surface area contributed by atoms with E-state index in [9.17, 15) is 9.90 Å². The molecule has 1 heterocycles. The molecule has 0 radical (unpaired) electrons. The van der Waals surface area contributed by atoms with E-state index in [1.165, 1.54) is 6.08 Å². The highest BCUT2D eigenvalue weighted by Gasteiger charge is 2.52. The van der Waals surface area contributed by atoms with Crippen molar-refractivity contribution in [3.8, 4) is 0 Å². The minimum Gasteiger partial charge on any atom is -0.399 e. The number of carbonyl (C=O) groups excluding carboxylic acids is 1. The van der Waals surface area contributed by atoms with Crippen molar-refractivity contribution >= 4 is 25.9 Å². The van der Waals surface area contributed by atoms with Gasteiger partial charge in [-0.1, -0.05) is 39.0 Å². The molecule has 0 bridgehead atoms. The van der Waals surface area contributed by atoms with E-state index in [2.05, 4.69) is 40.4 Å². The first kappa shape index (κ1) is 18.0. The molecule has 2 rings (SSSR count). The highest BCUT2D eigenvalue weighted by molar-refractivity contribution is 7.99. The van der Waals surface area contributed by atoms with Crippen LogP contribution in [0.15, 0.2) is 24.3 Å². The molecule has 0 amide bonds. The SMILES string of the molecule is C=C[C@]1(O[Si](C)(C)C(C)(C)C)C(=O)C=C2CSC[C@@H]2C[C@@H]1O. The first-order valence-electron chi connectivity index (χ1n) is 7.88. The molecule has 5 heteroatoms. The number of fused-ring (bicyclic) bond motifs is 1. The third-order valence-electron chi connectivity index (χ3n) is 5.35. The van der Waals surface area contributed by atoms with Gasteiger partial charge in [-0.25, -0.2) is 0 Å². The number of aliphatic hydroxyl groups is 1. The van der Waals surface area contributed by atoms with Crippen LogP contribution in [0.2, 0.25) is 18.1 Å². The first-order valence-corrected chi connectivity index (χ1v) is 11.9. The van der Waals surface area contributed by atoms with Crippen LogP contribution in [0.3, 0.4) is 0 Å². The number of hydrogen-bond acceptors (Lipinski definition) is 4. The van der Waals surface area contributed by atoms with E-state index in [1.807, 2.05) is 11.8 Å². The lowest BCUT2D eigenvalue weighted by Crippen LogP contribution is -2.57. The van der Waals surface area contributed by atoms with E-state index in [1.54, 1.807) is 6.08 Å². The van der Waals surface area contributed by atoms with Crippen LogP contribution in [0.4, 0.5) is 0 Å². The molecule has 0 unspecified atom stereocenters. The standard InChI is InChI=1S/C17H28O3SSi/c1-7-17(20-22(5,6)16(2,3)4)14(18)8-12-10-21-11-13(12)9-15(17)19/h7-8,13,15,19H,1,9-11H2,2-6H3/t13-,15-,17-/m0/s1. The van der Waals surface area contributed by atoms with Gasteiger partial charge in [0.15, 0.2) is 19.7 Å². The van der Waals surface area contributed by atoms with Gasteiger partial charge in [0.1, 0.15) is 0 Å². The maximum atomic E-state index is 12.9. The summed E-state index contributed by atoms with van der Waals surface area (Å²) < 4.78 is 6.42. The molecule has 3 nitrogen and oxygen atoms in total. The quantitative estimate of drug-likeness (QED) is 0.630. The van der Waals surface area contributed by atoms with Crippen molar-refractivity contribution in [2.75, 3.05) is 11.5 Å². The van der Waals surface area contributed by atoms with Gasteiger partial charge in [-0.2, -0.15) is 11.8 Å². The second-order valence-electron chi connectivity index (χ2n) is 7.91. The van der Waals surface area contributed by atoms with Crippen molar-refractivity contribution < 1.29 is 14.3 Å². The highest BCUT2D eigenvalue weighted by atomic mass is 32.2. The molecule has 0 aromatic carbocycles. The van der Waals surface area contributed by atoms with E-state index in [4.69, 9.17) is 4.43 Å². The minimum absolute atomic E-state index is 0.0336. The zero-order chi connectivity index (χ0) is 16.8. The van der Waals surface area contributed by atoms with Crippen LogP contribution in [-0.4, -0.2) is 42.4 Å². The fourth-order valence-corrected chi connectivity index (χ4v) is 5.56. The van der Waals surface area contributed by atoms with Crippen molar-refractivity contribution in [3.63, 3.8) is 0 Å². The Bertz CT molecular complexity index is 507. The summed E-state index contributed by atoms with van der Waals surface area (Å²) in [6, 6.07) is 0. The molecule has 2 aliphatic rings. The normalized spacial score (nSPS) is 33.2. The lowest BCUT2D eigenvalue weighted by molar-refractivity contribution is -0.135. The van der Waals surface area contributed by atoms with E-state index in [0.717, 1.165) is 17.1 Å². The van der Waals surface area contributed by atoms with Crippen LogP contribution in [0.1, 0.15) is 27.2 Å². The Balaban J connectivity index is 2.41. The van der Waals surface area contributed by atoms with Crippen LogP contribution < -0.4 is 0 Å². The minimum atomic E-state index is -2.21. The second-order valence-corrected chi connectivity index (χ2v) is 13.7. The number of rotatable bonds is 3. The van der Waals surface area contributed by atoms with Crippen LogP contribution in [0.25, 0.3) is 0 Å². The van der Waals surface area contributed by atoms with Gasteiger partial charge in [-0.15, -0.1) is 0 Å². The largest absolute Gasteiger partial charge is 0.399 e. The average molecular weight is 341 g/mol. The van der Waals surface area contributed by atoms with Gasteiger partial charge in [0.05, 0.1) is 6.10 Å². The van der Waals surface area contributed by atoms with E-state index >= 15 is 0 Å². The fraction of sp³-hybridized carbons (Fsp3) is 0.706. The predicted octanol–water partition coefficient (Wildman–Crippen LogP) is 3.56. The van der Waals surface area contributed by atoms with Gasteiger partial charge < -0.3 is 9.53 Å². The molecule has 0 saturated carbocycles. The topological polar surface area (TPSA) is 46.5 Å². The monoisotopic (exact) mass is 340 g/mol. The molecule has 0 aromatic rings. The van der Waals surface area contributed by atoms with Crippen LogP contribution >= 0.6 is 11.8 Å². The molecule has 0 spiro atoms. The average Bonchev–Trinajstić information content (AvgIpc) is 2.78. The van der Waals surface area contributed by atoms with Crippen molar-refractivity contribution in [3.05, 3.63) is 24.3 Å². The Labute approximate surface area is 139 Å². The maximum Gasteiger partial charge on any atom is 0.194 e. The molecule has 1 saturated heterocycles. The Hall–Kier alpha value is -0.363. The van der Waals surface area contributed by atoms with E-state index < -0.39 is 20.0 Å². The lowest BCUT2D eigenvalue weighted by atomic mass is 9.89. The molecule has 0 aromatic heterocycles. The molecule has 1 aliphatic heterocycles. The summed E-state index contributed by atoms with van der Waals surface area (Å²) >= 11 is 1.83. The predicted molar refractivity (Wildman–Crippen MR) is 95.7 cm³/mol. The highest BCUT2D eigenvalue weighted by Crippen LogP contribution is 2.44.